The summed E-state index contributed by atoms with van der Waals surface area (Å²) < 4.78 is 0. The first-order valence-electron chi connectivity index (χ1n) is 6.49. The van der Waals surface area contributed by atoms with Crippen LogP contribution in [0.1, 0.15) is 18.1 Å². The van der Waals surface area contributed by atoms with Crippen molar-refractivity contribution < 1.29 is 5.11 Å². The molecule has 3 nitrogen and oxygen atoms in total. The molecule has 19 heavy (non-hydrogen) atoms. The number of nitrogens with zero attached hydrogens (tertiary/aromatic N) is 1. The summed E-state index contributed by atoms with van der Waals surface area (Å²) >= 11 is 0. The Hall–Kier alpha value is -2.16. The number of nitrogen functional groups attached to an aromatic ring is 1. The molecule has 0 spiro atoms. The summed E-state index contributed by atoms with van der Waals surface area (Å²) in [7, 11) is 0. The van der Waals surface area contributed by atoms with Gasteiger partial charge >= 0.3 is 0 Å². The van der Waals surface area contributed by atoms with Crippen molar-refractivity contribution in [3.8, 4) is 5.75 Å². The average Bonchev–Trinajstić information content (AvgIpc) is 2.41. The van der Waals surface area contributed by atoms with Gasteiger partial charge in [0, 0.05) is 18.8 Å². The van der Waals surface area contributed by atoms with Gasteiger partial charge in [-0.05, 0) is 43.7 Å². The monoisotopic (exact) mass is 256 g/mol. The van der Waals surface area contributed by atoms with Crippen molar-refractivity contribution in [1.82, 2.24) is 0 Å². The van der Waals surface area contributed by atoms with Crippen molar-refractivity contribution in [3.63, 3.8) is 0 Å². The van der Waals surface area contributed by atoms with Crippen LogP contribution in [-0.4, -0.2) is 11.7 Å². The zero-order valence-electron chi connectivity index (χ0n) is 11.4. The molecule has 0 aromatic heterocycles. The average molecular weight is 256 g/mol. The molecule has 3 N–H and O–H groups in total. The molecule has 0 aliphatic rings. The third-order valence-electron chi connectivity index (χ3n) is 3.25. The second-order valence-electron chi connectivity index (χ2n) is 4.74. The van der Waals surface area contributed by atoms with E-state index in [0.29, 0.717) is 5.69 Å². The highest BCUT2D eigenvalue weighted by molar-refractivity contribution is 5.54. The molecule has 0 bridgehead atoms. The molecule has 0 radical (unpaired) electrons. The van der Waals surface area contributed by atoms with Crippen LogP contribution in [0.15, 0.2) is 42.5 Å². The number of rotatable bonds is 4. The van der Waals surface area contributed by atoms with Gasteiger partial charge in [-0.15, -0.1) is 0 Å². The molecule has 3 heteroatoms. The largest absolute Gasteiger partial charge is 0.506 e. The number of aryl methyl sites for hydroxylation is 1. The van der Waals surface area contributed by atoms with Crippen LogP contribution in [0.2, 0.25) is 0 Å². The fourth-order valence-corrected chi connectivity index (χ4v) is 2.06. The third-order valence-corrected chi connectivity index (χ3v) is 3.25. The van der Waals surface area contributed by atoms with Crippen LogP contribution in [0.3, 0.4) is 0 Å². The van der Waals surface area contributed by atoms with E-state index < -0.39 is 0 Å². The smallest absolute Gasteiger partial charge is 0.138 e. The molecule has 0 saturated carbocycles. The summed E-state index contributed by atoms with van der Waals surface area (Å²) in [5.74, 6) is 0.141. The lowest BCUT2D eigenvalue weighted by Crippen LogP contribution is -2.21. The van der Waals surface area contributed by atoms with E-state index in [4.69, 9.17) is 5.73 Å². The van der Waals surface area contributed by atoms with Gasteiger partial charge in [0.1, 0.15) is 5.75 Å². The normalized spacial score (nSPS) is 10.4. The molecular weight excluding hydrogens is 236 g/mol. The second kappa shape index (κ2) is 5.65. The lowest BCUT2D eigenvalue weighted by Gasteiger charge is -2.23. The molecule has 0 saturated heterocycles. The van der Waals surface area contributed by atoms with Gasteiger partial charge in [-0.3, -0.25) is 0 Å². The standard InChI is InChI=1S/C16H20N2O/c1-3-18(14-7-4-12(2)5-8-14)11-13-6-9-16(19)15(17)10-13/h4-10,19H,3,11,17H2,1-2H3. The fourth-order valence-electron chi connectivity index (χ4n) is 2.06. The molecule has 2 rings (SSSR count). The Kier molecular flexibility index (Phi) is 3.95. The zero-order valence-corrected chi connectivity index (χ0v) is 11.4. The van der Waals surface area contributed by atoms with Gasteiger partial charge in [-0.1, -0.05) is 23.8 Å². The van der Waals surface area contributed by atoms with Crippen molar-refractivity contribution in [2.24, 2.45) is 0 Å². The molecule has 0 heterocycles. The predicted octanol–water partition coefficient (Wildman–Crippen LogP) is 3.31. The summed E-state index contributed by atoms with van der Waals surface area (Å²) in [6, 6.07) is 13.9. The molecular formula is C16H20N2O. The van der Waals surface area contributed by atoms with Crippen LogP contribution >= 0.6 is 0 Å². The number of aromatic hydroxyl groups is 1. The van der Waals surface area contributed by atoms with Crippen LogP contribution in [-0.2, 0) is 6.54 Å². The highest BCUT2D eigenvalue weighted by Gasteiger charge is 2.06. The molecule has 2 aromatic rings. The maximum Gasteiger partial charge on any atom is 0.138 e. The summed E-state index contributed by atoms with van der Waals surface area (Å²) in [4.78, 5) is 2.27. The molecule has 0 fully saturated rings. The van der Waals surface area contributed by atoms with E-state index >= 15 is 0 Å². The second-order valence-corrected chi connectivity index (χ2v) is 4.74. The lowest BCUT2D eigenvalue weighted by atomic mass is 10.1. The Morgan fingerprint density at radius 2 is 1.79 bits per heavy atom. The van der Waals surface area contributed by atoms with Crippen LogP contribution in [0.4, 0.5) is 11.4 Å². The first kappa shape index (κ1) is 13.3. The highest BCUT2D eigenvalue weighted by Crippen LogP contribution is 2.23. The van der Waals surface area contributed by atoms with Crippen molar-refractivity contribution in [2.75, 3.05) is 17.2 Å². The summed E-state index contributed by atoms with van der Waals surface area (Å²) in [5, 5.41) is 9.44. The number of benzene rings is 2. The highest BCUT2D eigenvalue weighted by atomic mass is 16.3. The number of phenols is 1. The molecule has 0 atom stereocenters. The van der Waals surface area contributed by atoms with Crippen LogP contribution in [0.25, 0.3) is 0 Å². The Balaban J connectivity index is 2.18. The van der Waals surface area contributed by atoms with E-state index in [-0.39, 0.29) is 5.75 Å². The van der Waals surface area contributed by atoms with E-state index in [0.717, 1.165) is 18.7 Å². The molecule has 0 aliphatic carbocycles. The molecule has 2 aromatic carbocycles. The van der Waals surface area contributed by atoms with Crippen molar-refractivity contribution in [1.29, 1.82) is 0 Å². The van der Waals surface area contributed by atoms with Crippen molar-refractivity contribution in [2.45, 2.75) is 20.4 Å². The minimum Gasteiger partial charge on any atom is -0.506 e. The van der Waals surface area contributed by atoms with Crippen molar-refractivity contribution in [3.05, 3.63) is 53.6 Å². The van der Waals surface area contributed by atoms with E-state index in [1.807, 2.05) is 12.1 Å². The van der Waals surface area contributed by atoms with Gasteiger partial charge in [0.05, 0.1) is 5.69 Å². The van der Waals surface area contributed by atoms with E-state index in [2.05, 4.69) is 43.0 Å². The van der Waals surface area contributed by atoms with Gasteiger partial charge in [0.15, 0.2) is 0 Å². The SMILES string of the molecule is CCN(Cc1ccc(O)c(N)c1)c1ccc(C)cc1. The van der Waals surface area contributed by atoms with Crippen LogP contribution in [0, 0.1) is 6.92 Å². The maximum absolute atomic E-state index is 9.44. The summed E-state index contributed by atoms with van der Waals surface area (Å²) in [5.41, 5.74) is 9.70. The number of anilines is 2. The summed E-state index contributed by atoms with van der Waals surface area (Å²) in [6.45, 7) is 5.91. The molecule has 0 unspecified atom stereocenters. The number of hydrogen-bond acceptors (Lipinski definition) is 3. The van der Waals surface area contributed by atoms with Crippen molar-refractivity contribution >= 4 is 11.4 Å². The number of phenolic OH excluding ortho intramolecular Hbond substituents is 1. The number of nitrogens with two attached hydrogens (primary N) is 1. The van der Waals surface area contributed by atoms with Gasteiger partial charge < -0.3 is 15.7 Å². The third kappa shape index (κ3) is 3.19. The maximum atomic E-state index is 9.44. The first-order chi connectivity index (χ1) is 9.10. The Labute approximate surface area is 114 Å². The Morgan fingerprint density at radius 3 is 2.37 bits per heavy atom. The van der Waals surface area contributed by atoms with Gasteiger partial charge in [-0.25, -0.2) is 0 Å². The quantitative estimate of drug-likeness (QED) is 0.651. The van der Waals surface area contributed by atoms with E-state index in [9.17, 15) is 5.11 Å². The van der Waals surface area contributed by atoms with Gasteiger partial charge in [-0.2, -0.15) is 0 Å². The minimum atomic E-state index is 0.141. The number of hydrogen-bond donors (Lipinski definition) is 2. The van der Waals surface area contributed by atoms with E-state index in [1.54, 1.807) is 6.07 Å². The lowest BCUT2D eigenvalue weighted by molar-refractivity contribution is 0.477. The topological polar surface area (TPSA) is 49.5 Å². The Morgan fingerprint density at radius 1 is 1.11 bits per heavy atom. The minimum absolute atomic E-state index is 0.141. The molecule has 100 valence electrons. The molecule has 0 amide bonds. The summed E-state index contributed by atoms with van der Waals surface area (Å²) in [6.07, 6.45) is 0. The van der Waals surface area contributed by atoms with Crippen LogP contribution in [0.5, 0.6) is 5.75 Å². The Bertz CT molecular complexity index is 549. The fraction of sp³-hybridized carbons (Fsp3) is 0.250. The van der Waals surface area contributed by atoms with E-state index in [1.165, 1.54) is 11.3 Å². The van der Waals surface area contributed by atoms with Gasteiger partial charge in [0.2, 0.25) is 0 Å². The van der Waals surface area contributed by atoms with Gasteiger partial charge in [0.25, 0.3) is 0 Å². The first-order valence-corrected chi connectivity index (χ1v) is 6.49. The zero-order chi connectivity index (χ0) is 13.8. The predicted molar refractivity (Wildman–Crippen MR) is 80.4 cm³/mol. The van der Waals surface area contributed by atoms with Crippen LogP contribution < -0.4 is 10.6 Å². The molecule has 0 aliphatic heterocycles.